The van der Waals surface area contributed by atoms with E-state index in [2.05, 4.69) is 20.8 Å². The third-order valence-electron chi connectivity index (χ3n) is 4.79. The van der Waals surface area contributed by atoms with Crippen LogP contribution in [0.25, 0.3) is 0 Å². The number of hydrogen-bond acceptors (Lipinski definition) is 5. The van der Waals surface area contributed by atoms with Gasteiger partial charge in [-0.25, -0.2) is 14.3 Å². The maximum Gasteiger partial charge on any atom is 0.344 e. The van der Waals surface area contributed by atoms with Crippen LogP contribution in [0.3, 0.4) is 0 Å². The summed E-state index contributed by atoms with van der Waals surface area (Å²) >= 11 is 1.11. The number of carbonyl (C=O) groups excluding carboxylic acids is 2. The van der Waals surface area contributed by atoms with E-state index in [9.17, 15) is 18.8 Å². The van der Waals surface area contributed by atoms with E-state index in [0.717, 1.165) is 17.3 Å². The molecule has 1 aromatic heterocycles. The molecule has 0 atom stereocenters. The Kier molecular flexibility index (Phi) is 7.19. The Morgan fingerprint density at radius 3 is 2.41 bits per heavy atom. The molecule has 2 amide bonds. The summed E-state index contributed by atoms with van der Waals surface area (Å²) in [4.78, 5) is 37.4. The molecule has 10 heteroatoms. The summed E-state index contributed by atoms with van der Waals surface area (Å²) in [7, 11) is 0. The van der Waals surface area contributed by atoms with Gasteiger partial charge in [0, 0.05) is 5.69 Å². The van der Waals surface area contributed by atoms with Crippen LogP contribution in [0.5, 0.6) is 0 Å². The standard InChI is InChI=1S/C24H20FN5O3S/c25-17-10-12-18(13-11-17)26-22(32)19-8-4-5-9-20(19)27-21(31)15-34-24-29-28-23(33)30(24)14-16-6-2-1-3-7-16/h1-13H,14-15H2,(H,26,32)(H,27,31)(H,28,33). The minimum atomic E-state index is -0.445. The van der Waals surface area contributed by atoms with Crippen molar-refractivity contribution in [3.8, 4) is 0 Å². The van der Waals surface area contributed by atoms with Gasteiger partial charge >= 0.3 is 5.69 Å². The lowest BCUT2D eigenvalue weighted by molar-refractivity contribution is -0.113. The predicted molar refractivity (Wildman–Crippen MR) is 129 cm³/mol. The highest BCUT2D eigenvalue weighted by molar-refractivity contribution is 7.99. The smallest absolute Gasteiger partial charge is 0.325 e. The van der Waals surface area contributed by atoms with Crippen LogP contribution >= 0.6 is 11.8 Å². The van der Waals surface area contributed by atoms with Crippen molar-refractivity contribution in [3.05, 3.63) is 106 Å². The van der Waals surface area contributed by atoms with E-state index >= 15 is 0 Å². The van der Waals surface area contributed by atoms with Gasteiger partial charge in [-0.1, -0.05) is 54.2 Å². The fraction of sp³-hybridized carbons (Fsp3) is 0.0833. The molecule has 3 N–H and O–H groups in total. The lowest BCUT2D eigenvalue weighted by Gasteiger charge is -2.11. The van der Waals surface area contributed by atoms with E-state index in [1.165, 1.54) is 28.8 Å². The van der Waals surface area contributed by atoms with Crippen LogP contribution in [0, 0.1) is 5.82 Å². The van der Waals surface area contributed by atoms with Crippen molar-refractivity contribution in [3.63, 3.8) is 0 Å². The molecular formula is C24H20FN5O3S. The molecule has 0 aliphatic carbocycles. The number of hydrogen-bond donors (Lipinski definition) is 3. The Morgan fingerprint density at radius 2 is 1.65 bits per heavy atom. The highest BCUT2D eigenvalue weighted by atomic mass is 32.2. The van der Waals surface area contributed by atoms with Crippen molar-refractivity contribution >= 4 is 35.0 Å². The number of para-hydroxylation sites is 1. The number of aromatic amines is 1. The quantitative estimate of drug-likeness (QED) is 0.335. The van der Waals surface area contributed by atoms with Gasteiger partial charge in [-0.15, -0.1) is 5.10 Å². The van der Waals surface area contributed by atoms with E-state index in [4.69, 9.17) is 0 Å². The van der Waals surface area contributed by atoms with Crippen LogP contribution in [0.1, 0.15) is 15.9 Å². The van der Waals surface area contributed by atoms with Crippen LogP contribution in [0.2, 0.25) is 0 Å². The topological polar surface area (TPSA) is 109 Å². The van der Waals surface area contributed by atoms with Crippen molar-refractivity contribution in [2.24, 2.45) is 0 Å². The Hall–Kier alpha value is -4.18. The van der Waals surface area contributed by atoms with Crippen molar-refractivity contribution in [1.82, 2.24) is 14.8 Å². The first kappa shape index (κ1) is 23.0. The highest BCUT2D eigenvalue weighted by Gasteiger charge is 2.16. The lowest BCUT2D eigenvalue weighted by Crippen LogP contribution is -2.20. The molecule has 172 valence electrons. The zero-order chi connectivity index (χ0) is 23.9. The molecule has 8 nitrogen and oxygen atoms in total. The SMILES string of the molecule is O=C(CSc1n[nH]c(=O)n1Cc1ccccc1)Nc1ccccc1C(=O)Nc1ccc(F)cc1. The Labute approximate surface area is 198 Å². The van der Waals surface area contributed by atoms with Crippen LogP contribution in [0.4, 0.5) is 15.8 Å². The molecule has 0 aliphatic heterocycles. The van der Waals surface area contributed by atoms with E-state index in [1.54, 1.807) is 24.3 Å². The van der Waals surface area contributed by atoms with Crippen LogP contribution in [-0.2, 0) is 11.3 Å². The van der Waals surface area contributed by atoms with Gasteiger partial charge in [0.05, 0.1) is 23.5 Å². The highest BCUT2D eigenvalue weighted by Crippen LogP contribution is 2.20. The fourth-order valence-corrected chi connectivity index (χ4v) is 3.90. The van der Waals surface area contributed by atoms with Gasteiger partial charge in [-0.3, -0.25) is 14.2 Å². The van der Waals surface area contributed by atoms with Crippen molar-refractivity contribution in [1.29, 1.82) is 0 Å². The molecular weight excluding hydrogens is 457 g/mol. The van der Waals surface area contributed by atoms with Crippen LogP contribution < -0.4 is 16.3 Å². The Balaban J connectivity index is 1.40. The summed E-state index contributed by atoms with van der Waals surface area (Å²) in [5.74, 6) is -1.24. The minimum Gasteiger partial charge on any atom is -0.325 e. The van der Waals surface area contributed by atoms with Gasteiger partial charge < -0.3 is 10.6 Å². The summed E-state index contributed by atoms with van der Waals surface area (Å²) in [5.41, 5.74) is 1.58. The van der Waals surface area contributed by atoms with Gasteiger partial charge in [0.15, 0.2) is 5.16 Å². The second-order valence-electron chi connectivity index (χ2n) is 7.23. The third kappa shape index (κ3) is 5.78. The molecule has 0 aliphatic rings. The predicted octanol–water partition coefficient (Wildman–Crippen LogP) is 3.74. The maximum absolute atomic E-state index is 13.1. The first-order valence-electron chi connectivity index (χ1n) is 10.3. The molecule has 4 rings (SSSR count). The summed E-state index contributed by atoms with van der Waals surface area (Å²) in [6, 6.07) is 21.4. The zero-order valence-corrected chi connectivity index (χ0v) is 18.6. The lowest BCUT2D eigenvalue weighted by atomic mass is 10.1. The summed E-state index contributed by atoms with van der Waals surface area (Å²) < 4.78 is 14.6. The van der Waals surface area contributed by atoms with Gasteiger partial charge in [0.1, 0.15) is 5.82 Å². The first-order valence-corrected chi connectivity index (χ1v) is 11.3. The molecule has 0 saturated carbocycles. The average molecular weight is 478 g/mol. The molecule has 0 bridgehead atoms. The van der Waals surface area contributed by atoms with Crippen molar-refractivity contribution in [2.75, 3.05) is 16.4 Å². The number of nitrogens with zero attached hydrogens (tertiary/aromatic N) is 2. The molecule has 3 aromatic carbocycles. The number of carbonyl (C=O) groups is 2. The van der Waals surface area contributed by atoms with Crippen molar-refractivity contribution < 1.29 is 14.0 Å². The van der Waals surface area contributed by atoms with E-state index < -0.39 is 11.7 Å². The van der Waals surface area contributed by atoms with E-state index in [0.29, 0.717) is 23.1 Å². The fourth-order valence-electron chi connectivity index (χ4n) is 3.16. The number of nitrogens with one attached hydrogen (secondary N) is 3. The van der Waals surface area contributed by atoms with Crippen LogP contribution in [-0.4, -0.2) is 32.3 Å². The zero-order valence-electron chi connectivity index (χ0n) is 17.8. The number of benzene rings is 3. The van der Waals surface area contributed by atoms with Gasteiger partial charge in [0.2, 0.25) is 5.91 Å². The Bertz CT molecular complexity index is 1350. The largest absolute Gasteiger partial charge is 0.344 e. The van der Waals surface area contributed by atoms with E-state index in [1.807, 2.05) is 30.3 Å². The molecule has 1 heterocycles. The molecule has 0 saturated heterocycles. The second-order valence-corrected chi connectivity index (χ2v) is 8.17. The van der Waals surface area contributed by atoms with Crippen LogP contribution in [0.15, 0.2) is 88.8 Å². The molecule has 0 spiro atoms. The molecule has 0 unspecified atom stereocenters. The molecule has 0 fully saturated rings. The summed E-state index contributed by atoms with van der Waals surface area (Å²) in [6.45, 7) is 0.326. The first-order chi connectivity index (χ1) is 16.5. The number of rotatable bonds is 8. The number of anilines is 2. The molecule has 34 heavy (non-hydrogen) atoms. The minimum absolute atomic E-state index is 0.0208. The van der Waals surface area contributed by atoms with Gasteiger partial charge in [-0.2, -0.15) is 0 Å². The summed E-state index contributed by atoms with van der Waals surface area (Å²) in [6.07, 6.45) is 0. The third-order valence-corrected chi connectivity index (χ3v) is 5.76. The number of thioether (sulfide) groups is 1. The Morgan fingerprint density at radius 1 is 0.941 bits per heavy atom. The average Bonchev–Trinajstić information content (AvgIpc) is 3.19. The van der Waals surface area contributed by atoms with E-state index in [-0.39, 0.29) is 22.9 Å². The second kappa shape index (κ2) is 10.6. The number of amides is 2. The van der Waals surface area contributed by atoms with Crippen molar-refractivity contribution in [2.45, 2.75) is 11.7 Å². The summed E-state index contributed by atoms with van der Waals surface area (Å²) in [5, 5.41) is 12.2. The monoisotopic (exact) mass is 477 g/mol. The normalized spacial score (nSPS) is 10.6. The van der Waals surface area contributed by atoms with Gasteiger partial charge in [0.25, 0.3) is 5.91 Å². The number of H-pyrrole nitrogens is 1. The number of aromatic nitrogens is 3. The molecule has 4 aromatic rings. The maximum atomic E-state index is 13.1. The van der Waals surface area contributed by atoms with Gasteiger partial charge in [-0.05, 0) is 42.0 Å². The number of halogens is 1. The molecule has 0 radical (unpaired) electrons.